The van der Waals surface area contributed by atoms with Crippen LogP contribution in [0.25, 0.3) is 0 Å². The van der Waals surface area contributed by atoms with Gasteiger partial charge in [0.05, 0.1) is 11.8 Å². The van der Waals surface area contributed by atoms with Crippen molar-refractivity contribution in [3.8, 4) is 0 Å². The van der Waals surface area contributed by atoms with Crippen LogP contribution < -0.4 is 10.6 Å². The van der Waals surface area contributed by atoms with Crippen LogP contribution in [-0.2, 0) is 9.59 Å². The topological polar surface area (TPSA) is 78.4 Å². The Balaban J connectivity index is 2.34. The molecule has 5 heteroatoms. The predicted molar refractivity (Wildman–Crippen MR) is 55.5 cm³/mol. The van der Waals surface area contributed by atoms with E-state index in [1.165, 1.54) is 0 Å². The molecule has 5 nitrogen and oxygen atoms in total. The first-order chi connectivity index (χ1) is 7.04. The second-order valence-corrected chi connectivity index (χ2v) is 4.24. The zero-order valence-electron chi connectivity index (χ0n) is 9.01. The van der Waals surface area contributed by atoms with E-state index in [0.717, 1.165) is 19.4 Å². The van der Waals surface area contributed by atoms with Crippen LogP contribution in [-0.4, -0.2) is 36.6 Å². The van der Waals surface area contributed by atoms with E-state index in [4.69, 9.17) is 5.11 Å². The number of carbonyl (C=O) groups is 2. The molecule has 1 fully saturated rings. The average molecular weight is 214 g/mol. The van der Waals surface area contributed by atoms with Crippen LogP contribution in [0, 0.1) is 5.41 Å². The molecule has 0 spiro atoms. The Morgan fingerprint density at radius 2 is 2.27 bits per heavy atom. The fourth-order valence-corrected chi connectivity index (χ4v) is 1.75. The van der Waals surface area contributed by atoms with Gasteiger partial charge in [-0.15, -0.1) is 0 Å². The maximum absolute atomic E-state index is 11.8. The van der Waals surface area contributed by atoms with Gasteiger partial charge in [-0.1, -0.05) is 0 Å². The van der Waals surface area contributed by atoms with Gasteiger partial charge in [-0.2, -0.15) is 0 Å². The first-order valence-corrected chi connectivity index (χ1v) is 5.25. The summed E-state index contributed by atoms with van der Waals surface area (Å²) in [5.74, 6) is -0.932. The van der Waals surface area contributed by atoms with E-state index < -0.39 is 5.97 Å². The zero-order valence-corrected chi connectivity index (χ0v) is 9.01. The van der Waals surface area contributed by atoms with E-state index in [9.17, 15) is 9.59 Å². The number of rotatable bonds is 4. The van der Waals surface area contributed by atoms with Gasteiger partial charge in [-0.25, -0.2) is 0 Å². The maximum Gasteiger partial charge on any atom is 0.305 e. The monoisotopic (exact) mass is 214 g/mol. The maximum atomic E-state index is 11.8. The van der Waals surface area contributed by atoms with E-state index in [1.54, 1.807) is 0 Å². The average Bonchev–Trinajstić information content (AvgIpc) is 2.18. The van der Waals surface area contributed by atoms with E-state index in [1.807, 2.05) is 6.92 Å². The molecular formula is C10H18N2O3. The van der Waals surface area contributed by atoms with Gasteiger partial charge < -0.3 is 15.7 Å². The summed E-state index contributed by atoms with van der Waals surface area (Å²) in [6.45, 7) is 3.75. The second-order valence-electron chi connectivity index (χ2n) is 4.24. The summed E-state index contributed by atoms with van der Waals surface area (Å²) in [7, 11) is 0. The minimum atomic E-state index is -0.887. The largest absolute Gasteiger partial charge is 0.481 e. The van der Waals surface area contributed by atoms with Crippen molar-refractivity contribution in [3.63, 3.8) is 0 Å². The fourth-order valence-electron chi connectivity index (χ4n) is 1.75. The highest BCUT2D eigenvalue weighted by atomic mass is 16.4. The van der Waals surface area contributed by atoms with Crippen LogP contribution >= 0.6 is 0 Å². The molecule has 0 aromatic heterocycles. The lowest BCUT2D eigenvalue weighted by Crippen LogP contribution is -2.48. The van der Waals surface area contributed by atoms with E-state index in [-0.39, 0.29) is 24.3 Å². The molecule has 1 aliphatic rings. The minimum Gasteiger partial charge on any atom is -0.481 e. The molecule has 0 aromatic carbocycles. The number of hydrogen-bond acceptors (Lipinski definition) is 3. The van der Waals surface area contributed by atoms with Crippen LogP contribution in [0.3, 0.4) is 0 Å². The van der Waals surface area contributed by atoms with E-state index >= 15 is 0 Å². The molecular weight excluding hydrogens is 196 g/mol. The third kappa shape index (κ3) is 3.51. The van der Waals surface area contributed by atoms with Gasteiger partial charge >= 0.3 is 5.97 Å². The molecule has 1 unspecified atom stereocenters. The molecule has 0 aromatic rings. The van der Waals surface area contributed by atoms with Crippen LogP contribution in [0.1, 0.15) is 26.2 Å². The van der Waals surface area contributed by atoms with Crippen molar-refractivity contribution in [2.24, 2.45) is 5.41 Å². The van der Waals surface area contributed by atoms with Crippen LogP contribution in [0.15, 0.2) is 0 Å². The first kappa shape index (κ1) is 12.0. The Morgan fingerprint density at radius 1 is 1.53 bits per heavy atom. The van der Waals surface area contributed by atoms with Crippen molar-refractivity contribution in [3.05, 3.63) is 0 Å². The molecule has 0 radical (unpaired) electrons. The molecule has 1 atom stereocenters. The Kier molecular flexibility index (Phi) is 4.08. The number of amides is 1. The fraction of sp³-hybridized carbons (Fsp3) is 0.800. The molecule has 3 N–H and O–H groups in total. The zero-order chi connectivity index (χ0) is 11.3. The molecule has 15 heavy (non-hydrogen) atoms. The molecule has 1 saturated heterocycles. The third-order valence-electron chi connectivity index (χ3n) is 2.77. The predicted octanol–water partition coefficient (Wildman–Crippen LogP) is -0.0330. The number of carboxylic acids is 1. The number of carbonyl (C=O) groups excluding carboxylic acids is 1. The third-order valence-corrected chi connectivity index (χ3v) is 2.77. The smallest absolute Gasteiger partial charge is 0.305 e. The number of piperidine rings is 1. The second kappa shape index (κ2) is 5.11. The SMILES string of the molecule is CC1(C(=O)NCCC(=O)O)CCCNC1. The van der Waals surface area contributed by atoms with Gasteiger partial charge in [0.2, 0.25) is 5.91 Å². The van der Waals surface area contributed by atoms with Crippen molar-refractivity contribution in [2.45, 2.75) is 26.2 Å². The van der Waals surface area contributed by atoms with Gasteiger partial charge in [-0.05, 0) is 26.3 Å². The van der Waals surface area contributed by atoms with Crippen molar-refractivity contribution in [1.29, 1.82) is 0 Å². The highest BCUT2D eigenvalue weighted by molar-refractivity contribution is 5.83. The molecule has 1 amide bonds. The Morgan fingerprint density at radius 3 is 2.80 bits per heavy atom. The van der Waals surface area contributed by atoms with Gasteiger partial charge in [0.15, 0.2) is 0 Å². The van der Waals surface area contributed by atoms with Gasteiger partial charge in [-0.3, -0.25) is 9.59 Å². The molecule has 0 aliphatic carbocycles. The van der Waals surface area contributed by atoms with E-state index in [0.29, 0.717) is 6.54 Å². The summed E-state index contributed by atoms with van der Waals surface area (Å²) in [6.07, 6.45) is 1.83. The van der Waals surface area contributed by atoms with Gasteiger partial charge in [0.25, 0.3) is 0 Å². The number of carboxylic acid groups (broad SMARTS) is 1. The lowest BCUT2D eigenvalue weighted by Gasteiger charge is -2.32. The van der Waals surface area contributed by atoms with E-state index in [2.05, 4.69) is 10.6 Å². The molecule has 1 rings (SSSR count). The Bertz CT molecular complexity index is 247. The quantitative estimate of drug-likeness (QED) is 0.614. The molecule has 86 valence electrons. The summed E-state index contributed by atoms with van der Waals surface area (Å²) >= 11 is 0. The minimum absolute atomic E-state index is 0.0186. The number of aliphatic carboxylic acids is 1. The summed E-state index contributed by atoms with van der Waals surface area (Å²) in [5, 5.41) is 14.3. The van der Waals surface area contributed by atoms with Crippen molar-refractivity contribution >= 4 is 11.9 Å². The summed E-state index contributed by atoms with van der Waals surface area (Å²) < 4.78 is 0. The van der Waals surface area contributed by atoms with Crippen molar-refractivity contribution < 1.29 is 14.7 Å². The highest BCUT2D eigenvalue weighted by Gasteiger charge is 2.34. The highest BCUT2D eigenvalue weighted by Crippen LogP contribution is 2.25. The van der Waals surface area contributed by atoms with Crippen LogP contribution in [0.5, 0.6) is 0 Å². The molecule has 1 heterocycles. The lowest BCUT2D eigenvalue weighted by molar-refractivity contribution is -0.137. The van der Waals surface area contributed by atoms with Crippen LogP contribution in [0.4, 0.5) is 0 Å². The number of hydrogen-bond donors (Lipinski definition) is 3. The Labute approximate surface area is 89.2 Å². The lowest BCUT2D eigenvalue weighted by atomic mass is 9.82. The summed E-state index contributed by atoms with van der Waals surface area (Å²) in [6, 6.07) is 0. The molecule has 0 saturated carbocycles. The summed E-state index contributed by atoms with van der Waals surface area (Å²) in [4.78, 5) is 22.0. The van der Waals surface area contributed by atoms with Crippen molar-refractivity contribution in [1.82, 2.24) is 10.6 Å². The molecule has 1 aliphatic heterocycles. The summed E-state index contributed by atoms with van der Waals surface area (Å²) in [5.41, 5.74) is -0.378. The van der Waals surface area contributed by atoms with Crippen molar-refractivity contribution in [2.75, 3.05) is 19.6 Å². The van der Waals surface area contributed by atoms with Gasteiger partial charge in [0.1, 0.15) is 0 Å². The molecule has 0 bridgehead atoms. The first-order valence-electron chi connectivity index (χ1n) is 5.25. The normalized spacial score (nSPS) is 25.9. The number of nitrogens with one attached hydrogen (secondary N) is 2. The standard InChI is InChI=1S/C10H18N2O3/c1-10(4-2-5-11-7-10)9(15)12-6-3-8(13)14/h11H,2-7H2,1H3,(H,12,15)(H,13,14). The van der Waals surface area contributed by atoms with Crippen LogP contribution in [0.2, 0.25) is 0 Å². The Hall–Kier alpha value is -1.10. The van der Waals surface area contributed by atoms with Gasteiger partial charge in [0, 0.05) is 13.1 Å².